The van der Waals surface area contributed by atoms with Gasteiger partial charge in [-0.2, -0.15) is 0 Å². The molecule has 0 saturated heterocycles. The second kappa shape index (κ2) is 21.4. The Morgan fingerprint density at radius 3 is 1.22 bits per heavy atom. The van der Waals surface area contributed by atoms with Crippen molar-refractivity contribution in [2.24, 2.45) is 0 Å². The number of nitrogens with zero attached hydrogens (tertiary/aromatic N) is 4. The average molecular weight is 833 g/mol. The lowest BCUT2D eigenvalue weighted by molar-refractivity contribution is 0.291. The van der Waals surface area contributed by atoms with Crippen molar-refractivity contribution in [3.63, 3.8) is 0 Å². The SMILES string of the molecule is CC(C)c1ccc(CCC(CC(CC(CC(Cc2ccc(CN3C=CN(C)C3)cc2)c2ccc(CN3C=CN(C)C3)cc2)c2ccccc2)c2ccccc2)c2ccccc2)cc1. The molecule has 0 spiro atoms. The van der Waals surface area contributed by atoms with Crippen molar-refractivity contribution in [2.75, 3.05) is 27.4 Å². The number of rotatable bonds is 20. The van der Waals surface area contributed by atoms with Crippen molar-refractivity contribution >= 4 is 0 Å². The molecule has 4 heteroatoms. The molecule has 0 amide bonds. The highest BCUT2D eigenvalue weighted by molar-refractivity contribution is 5.33. The van der Waals surface area contributed by atoms with Crippen LogP contribution in [0.2, 0.25) is 0 Å². The van der Waals surface area contributed by atoms with Crippen LogP contribution in [0.4, 0.5) is 0 Å². The van der Waals surface area contributed by atoms with Crippen LogP contribution >= 0.6 is 0 Å². The van der Waals surface area contributed by atoms with Crippen molar-refractivity contribution in [3.8, 4) is 0 Å². The van der Waals surface area contributed by atoms with E-state index < -0.39 is 0 Å². The van der Waals surface area contributed by atoms with E-state index in [0.29, 0.717) is 29.6 Å². The second-order valence-corrected chi connectivity index (χ2v) is 18.8. The minimum absolute atomic E-state index is 0.359. The highest BCUT2D eigenvalue weighted by Crippen LogP contribution is 2.43. The van der Waals surface area contributed by atoms with Crippen LogP contribution in [0.3, 0.4) is 0 Å². The third-order valence-corrected chi connectivity index (χ3v) is 13.5. The minimum atomic E-state index is 0.359. The average Bonchev–Trinajstić information content (AvgIpc) is 3.94. The number of hydrogen-bond acceptors (Lipinski definition) is 4. The molecule has 0 saturated carbocycles. The third kappa shape index (κ3) is 12.3. The summed E-state index contributed by atoms with van der Waals surface area (Å²) >= 11 is 0. The molecule has 324 valence electrons. The molecule has 6 aromatic carbocycles. The Labute approximate surface area is 379 Å². The first kappa shape index (κ1) is 43.6. The van der Waals surface area contributed by atoms with Crippen LogP contribution in [-0.4, -0.2) is 47.0 Å². The van der Waals surface area contributed by atoms with Crippen LogP contribution in [0, 0.1) is 0 Å². The maximum absolute atomic E-state index is 2.43. The lowest BCUT2D eigenvalue weighted by Gasteiger charge is -2.31. The number of benzene rings is 6. The summed E-state index contributed by atoms with van der Waals surface area (Å²) in [5, 5.41) is 0. The van der Waals surface area contributed by atoms with E-state index in [0.717, 1.165) is 65.0 Å². The first-order valence-corrected chi connectivity index (χ1v) is 23.5. The largest absolute Gasteiger partial charge is 0.362 e. The van der Waals surface area contributed by atoms with Crippen LogP contribution in [0.25, 0.3) is 0 Å². The lowest BCUT2D eigenvalue weighted by Crippen LogP contribution is -2.21. The molecule has 0 N–H and O–H groups in total. The van der Waals surface area contributed by atoms with Gasteiger partial charge in [-0.05, 0) is 118 Å². The smallest absolute Gasteiger partial charge is 0.0894 e. The van der Waals surface area contributed by atoms with Gasteiger partial charge in [-0.3, -0.25) is 0 Å². The van der Waals surface area contributed by atoms with Gasteiger partial charge in [-0.25, -0.2) is 0 Å². The van der Waals surface area contributed by atoms with E-state index in [9.17, 15) is 0 Å². The summed E-state index contributed by atoms with van der Waals surface area (Å²) in [7, 11) is 4.27. The Balaban J connectivity index is 1.08. The number of aryl methyl sites for hydroxylation is 1. The van der Waals surface area contributed by atoms with Gasteiger partial charge in [0.2, 0.25) is 0 Å². The second-order valence-electron chi connectivity index (χ2n) is 18.8. The minimum Gasteiger partial charge on any atom is -0.362 e. The first-order chi connectivity index (χ1) is 30.8. The molecule has 0 aliphatic carbocycles. The Hall–Kier alpha value is -6.00. The van der Waals surface area contributed by atoms with Crippen LogP contribution in [-0.2, 0) is 25.9 Å². The summed E-state index contributed by atoms with van der Waals surface area (Å²) in [6.07, 6.45) is 15.2. The van der Waals surface area contributed by atoms with E-state index in [-0.39, 0.29) is 0 Å². The molecule has 0 radical (unpaired) electrons. The van der Waals surface area contributed by atoms with Gasteiger partial charge in [0, 0.05) is 52.0 Å². The van der Waals surface area contributed by atoms with E-state index in [1.54, 1.807) is 0 Å². The molecule has 0 fully saturated rings. The Bertz CT molecular complexity index is 2320. The van der Waals surface area contributed by atoms with Crippen LogP contribution < -0.4 is 0 Å². The van der Waals surface area contributed by atoms with Gasteiger partial charge in [0.1, 0.15) is 0 Å². The van der Waals surface area contributed by atoms with Crippen molar-refractivity contribution < 1.29 is 0 Å². The molecule has 4 atom stereocenters. The van der Waals surface area contributed by atoms with E-state index in [4.69, 9.17) is 0 Å². The fourth-order valence-electron chi connectivity index (χ4n) is 9.92. The molecular weight excluding hydrogens is 765 g/mol. The highest BCUT2D eigenvalue weighted by Gasteiger charge is 2.27. The maximum atomic E-state index is 2.43. The van der Waals surface area contributed by atoms with Crippen molar-refractivity contribution in [2.45, 2.75) is 95.1 Å². The van der Waals surface area contributed by atoms with Gasteiger partial charge in [-0.15, -0.1) is 0 Å². The maximum Gasteiger partial charge on any atom is 0.0894 e. The fraction of sp³-hybridized carbons (Fsp3) is 0.322. The monoisotopic (exact) mass is 833 g/mol. The van der Waals surface area contributed by atoms with Gasteiger partial charge in [0.15, 0.2) is 0 Å². The Morgan fingerprint density at radius 2 is 0.762 bits per heavy atom. The van der Waals surface area contributed by atoms with Gasteiger partial charge in [-0.1, -0.05) is 178 Å². The van der Waals surface area contributed by atoms with Crippen LogP contribution in [0.1, 0.15) is 119 Å². The van der Waals surface area contributed by atoms with Gasteiger partial charge >= 0.3 is 0 Å². The summed E-state index contributed by atoms with van der Waals surface area (Å²) in [6, 6.07) is 62.8. The van der Waals surface area contributed by atoms with Crippen LogP contribution in [0.15, 0.2) is 189 Å². The topological polar surface area (TPSA) is 13.0 Å². The molecule has 2 aliphatic heterocycles. The predicted octanol–water partition coefficient (Wildman–Crippen LogP) is 13.6. The van der Waals surface area contributed by atoms with E-state index >= 15 is 0 Å². The van der Waals surface area contributed by atoms with Crippen molar-refractivity contribution in [1.29, 1.82) is 0 Å². The summed E-state index contributed by atoms with van der Waals surface area (Å²) in [4.78, 5) is 9.21. The Morgan fingerprint density at radius 1 is 0.381 bits per heavy atom. The molecule has 2 aliphatic rings. The summed E-state index contributed by atoms with van der Waals surface area (Å²) in [5.74, 6) is 2.13. The molecule has 2 heterocycles. The molecule has 0 aromatic heterocycles. The first-order valence-electron chi connectivity index (χ1n) is 23.5. The summed E-state index contributed by atoms with van der Waals surface area (Å²) in [6.45, 7) is 8.29. The highest BCUT2D eigenvalue weighted by atomic mass is 15.3. The summed E-state index contributed by atoms with van der Waals surface area (Å²) in [5.41, 5.74) is 12.8. The zero-order valence-electron chi connectivity index (χ0n) is 38.1. The summed E-state index contributed by atoms with van der Waals surface area (Å²) < 4.78 is 0. The Kier molecular flexibility index (Phi) is 14.8. The molecule has 4 nitrogen and oxygen atoms in total. The van der Waals surface area contributed by atoms with Crippen molar-refractivity contribution in [1.82, 2.24) is 19.6 Å². The molecular formula is C59H68N4. The van der Waals surface area contributed by atoms with Gasteiger partial charge < -0.3 is 19.6 Å². The van der Waals surface area contributed by atoms with Crippen molar-refractivity contribution in [3.05, 3.63) is 239 Å². The lowest BCUT2D eigenvalue weighted by atomic mass is 9.73. The van der Waals surface area contributed by atoms with E-state index in [1.807, 2.05) is 0 Å². The fourth-order valence-corrected chi connectivity index (χ4v) is 9.92. The molecule has 0 bridgehead atoms. The quantitative estimate of drug-likeness (QED) is 0.0760. The van der Waals surface area contributed by atoms with E-state index in [2.05, 4.69) is 236 Å². The third-order valence-electron chi connectivity index (χ3n) is 13.5. The van der Waals surface area contributed by atoms with Gasteiger partial charge in [0.05, 0.1) is 13.3 Å². The normalized spacial score (nSPS) is 15.6. The zero-order valence-corrected chi connectivity index (χ0v) is 38.1. The number of hydrogen-bond donors (Lipinski definition) is 0. The van der Waals surface area contributed by atoms with Crippen LogP contribution in [0.5, 0.6) is 0 Å². The molecule has 63 heavy (non-hydrogen) atoms. The zero-order chi connectivity index (χ0) is 43.4. The standard InChI is InChI=1S/C59H68N4/c1-46(2)51-29-24-47(25-30-51)26-33-56(52-14-8-5-9-15-52)39-58(53-16-10-6-11-17-53)41-59(54-18-12-7-13-19-54)40-57(55-31-27-50(28-32-55)43-63-37-35-61(4)45-63)38-48-20-22-49(23-21-48)42-62-36-34-60(3)44-62/h5-25,27-32,34-37,46,56-59H,26,33,38-45H2,1-4H3. The predicted molar refractivity (Wildman–Crippen MR) is 264 cm³/mol. The molecule has 6 aromatic rings. The van der Waals surface area contributed by atoms with Gasteiger partial charge in [0.25, 0.3) is 0 Å². The molecule has 8 rings (SSSR count). The molecule has 4 unspecified atom stereocenters. The van der Waals surface area contributed by atoms with E-state index in [1.165, 1.54) is 50.1 Å².